The number of halogens is 2. The van der Waals surface area contributed by atoms with Crippen LogP contribution < -0.4 is 15.4 Å². The largest absolute Gasteiger partial charge is 0.497 e. The number of hydrogen-bond acceptors (Lipinski definition) is 4. The topological polar surface area (TPSA) is 87.7 Å². The van der Waals surface area contributed by atoms with Crippen LogP contribution in [0.15, 0.2) is 42.5 Å². The molecule has 2 heterocycles. The number of piperazine rings is 1. The van der Waals surface area contributed by atoms with Gasteiger partial charge in [0.1, 0.15) is 29.5 Å². The minimum absolute atomic E-state index is 0.152. The number of carbonyl (C=O) groups is 3. The number of fused-ring (bicyclic) bond motifs is 1. The zero-order valence-corrected chi connectivity index (χ0v) is 16.7. The van der Waals surface area contributed by atoms with Crippen LogP contribution in [0.5, 0.6) is 5.75 Å². The molecule has 2 fully saturated rings. The third-order valence-electron chi connectivity index (χ3n) is 5.56. The quantitative estimate of drug-likeness (QED) is 0.753. The van der Waals surface area contributed by atoms with Crippen molar-refractivity contribution in [1.29, 1.82) is 0 Å². The number of nitrogens with zero attached hydrogens (tertiary/aromatic N) is 1. The number of hydrogen-bond donors (Lipinski definition) is 2. The monoisotopic (exact) mass is 429 g/mol. The van der Waals surface area contributed by atoms with Gasteiger partial charge in [0, 0.05) is 30.6 Å². The number of carbonyl (C=O) groups excluding carboxylic acids is 3. The predicted molar refractivity (Wildman–Crippen MR) is 106 cm³/mol. The second-order valence-electron chi connectivity index (χ2n) is 7.68. The first-order valence-electron chi connectivity index (χ1n) is 9.85. The summed E-state index contributed by atoms with van der Waals surface area (Å²) in [6.45, 7) is 0.152. The van der Waals surface area contributed by atoms with Crippen molar-refractivity contribution in [2.24, 2.45) is 0 Å². The highest BCUT2D eigenvalue weighted by Gasteiger charge is 2.46. The third-order valence-corrected chi connectivity index (χ3v) is 5.56. The summed E-state index contributed by atoms with van der Waals surface area (Å²) in [6.07, 6.45) is 0.563. The van der Waals surface area contributed by atoms with Crippen LogP contribution in [0, 0.1) is 11.6 Å². The van der Waals surface area contributed by atoms with E-state index in [2.05, 4.69) is 10.6 Å². The zero-order valence-electron chi connectivity index (χ0n) is 16.7. The Hall–Kier alpha value is -3.49. The predicted octanol–water partition coefficient (Wildman–Crippen LogP) is 1.41. The molecule has 0 saturated carbocycles. The summed E-state index contributed by atoms with van der Waals surface area (Å²) in [6, 6.07) is 7.88. The summed E-state index contributed by atoms with van der Waals surface area (Å²) in [4.78, 5) is 39.4. The minimum Gasteiger partial charge on any atom is -0.497 e. The van der Waals surface area contributed by atoms with Gasteiger partial charge < -0.3 is 20.3 Å². The summed E-state index contributed by atoms with van der Waals surface area (Å²) in [7, 11) is 1.56. The van der Waals surface area contributed by atoms with Crippen molar-refractivity contribution in [2.75, 3.05) is 13.7 Å². The van der Waals surface area contributed by atoms with Gasteiger partial charge in [0.2, 0.25) is 11.8 Å². The molecule has 2 aromatic rings. The van der Waals surface area contributed by atoms with Gasteiger partial charge in [-0.25, -0.2) is 8.78 Å². The van der Waals surface area contributed by atoms with E-state index in [9.17, 15) is 23.2 Å². The maximum Gasteiger partial charge on any atom is 0.251 e. The molecule has 0 spiro atoms. The molecule has 0 aromatic heterocycles. The van der Waals surface area contributed by atoms with E-state index < -0.39 is 35.7 Å². The lowest BCUT2D eigenvalue weighted by Gasteiger charge is -2.34. The molecule has 9 heteroatoms. The van der Waals surface area contributed by atoms with Crippen LogP contribution in [-0.2, 0) is 16.0 Å². The van der Waals surface area contributed by atoms with Crippen molar-refractivity contribution in [3.63, 3.8) is 0 Å². The summed E-state index contributed by atoms with van der Waals surface area (Å²) in [5.41, 5.74) is 0.714. The average molecular weight is 429 g/mol. The fraction of sp³-hybridized carbons (Fsp3) is 0.318. The minimum atomic E-state index is -0.857. The molecule has 2 N–H and O–H groups in total. The van der Waals surface area contributed by atoms with Gasteiger partial charge in [-0.3, -0.25) is 14.4 Å². The van der Waals surface area contributed by atoms with Gasteiger partial charge in [0.05, 0.1) is 7.11 Å². The number of nitrogens with one attached hydrogen (secondary N) is 2. The Morgan fingerprint density at radius 3 is 2.48 bits per heavy atom. The Bertz CT molecular complexity index is 1010. The first kappa shape index (κ1) is 20.8. The van der Waals surface area contributed by atoms with E-state index in [1.165, 1.54) is 4.90 Å². The molecule has 0 radical (unpaired) electrons. The van der Waals surface area contributed by atoms with E-state index >= 15 is 0 Å². The van der Waals surface area contributed by atoms with Crippen LogP contribution in [0.25, 0.3) is 0 Å². The SMILES string of the molecule is COc1ccc(C[C@@H]2NC(=O)[C@@H]3C[C@H](NC(=O)c4cc(F)cc(F)c4)CN3C2=O)cc1. The first-order valence-corrected chi connectivity index (χ1v) is 9.85. The fourth-order valence-electron chi connectivity index (χ4n) is 4.05. The molecular formula is C22H21F2N3O4. The maximum atomic E-state index is 13.4. The summed E-state index contributed by atoms with van der Waals surface area (Å²) >= 11 is 0. The van der Waals surface area contributed by atoms with Gasteiger partial charge in [0.15, 0.2) is 0 Å². The lowest BCUT2D eigenvalue weighted by atomic mass is 10.0. The summed E-state index contributed by atoms with van der Waals surface area (Å²) in [5, 5.41) is 5.43. The third kappa shape index (κ3) is 4.35. The lowest BCUT2D eigenvalue weighted by Crippen LogP contribution is -2.61. The Labute approximate surface area is 177 Å². The number of methoxy groups -OCH3 is 1. The van der Waals surface area contributed by atoms with Gasteiger partial charge in [-0.15, -0.1) is 0 Å². The Kier molecular flexibility index (Phi) is 5.58. The Morgan fingerprint density at radius 1 is 1.16 bits per heavy atom. The Morgan fingerprint density at radius 2 is 1.84 bits per heavy atom. The molecule has 0 unspecified atom stereocenters. The highest BCUT2D eigenvalue weighted by atomic mass is 19.1. The van der Waals surface area contributed by atoms with Crippen LogP contribution in [0.1, 0.15) is 22.3 Å². The molecule has 4 rings (SSSR count). The number of amides is 3. The molecule has 2 aliphatic heterocycles. The molecule has 31 heavy (non-hydrogen) atoms. The number of rotatable bonds is 5. The fourth-order valence-corrected chi connectivity index (χ4v) is 4.05. The molecule has 3 amide bonds. The number of ether oxygens (including phenoxy) is 1. The van der Waals surface area contributed by atoms with Gasteiger partial charge in [0.25, 0.3) is 5.91 Å². The Balaban J connectivity index is 1.42. The second kappa shape index (κ2) is 8.33. The van der Waals surface area contributed by atoms with E-state index in [-0.39, 0.29) is 30.3 Å². The molecule has 0 bridgehead atoms. The van der Waals surface area contributed by atoms with E-state index in [4.69, 9.17) is 4.74 Å². The summed E-state index contributed by atoms with van der Waals surface area (Å²) < 4.78 is 31.9. The maximum absolute atomic E-state index is 13.4. The molecule has 0 aliphatic carbocycles. The van der Waals surface area contributed by atoms with Crippen LogP contribution in [0.3, 0.4) is 0 Å². The summed E-state index contributed by atoms with van der Waals surface area (Å²) in [5.74, 6) is -2.19. The van der Waals surface area contributed by atoms with E-state index in [1.54, 1.807) is 19.2 Å². The second-order valence-corrected chi connectivity index (χ2v) is 7.68. The van der Waals surface area contributed by atoms with Crippen LogP contribution in [0.2, 0.25) is 0 Å². The highest BCUT2D eigenvalue weighted by Crippen LogP contribution is 2.25. The van der Waals surface area contributed by atoms with Gasteiger partial charge in [-0.1, -0.05) is 12.1 Å². The normalized spacial score (nSPS) is 22.7. The van der Waals surface area contributed by atoms with E-state index in [0.717, 1.165) is 17.7 Å². The molecule has 7 nitrogen and oxygen atoms in total. The van der Waals surface area contributed by atoms with Crippen molar-refractivity contribution in [3.8, 4) is 5.75 Å². The average Bonchev–Trinajstić information content (AvgIpc) is 3.16. The molecule has 2 aliphatic rings. The van der Waals surface area contributed by atoms with Gasteiger partial charge >= 0.3 is 0 Å². The van der Waals surface area contributed by atoms with Crippen LogP contribution in [-0.4, -0.2) is 54.4 Å². The van der Waals surface area contributed by atoms with Gasteiger partial charge in [-0.05, 0) is 36.2 Å². The molecule has 2 aromatic carbocycles. The van der Waals surface area contributed by atoms with E-state index in [1.807, 2.05) is 12.1 Å². The van der Waals surface area contributed by atoms with Crippen molar-refractivity contribution < 1.29 is 27.9 Å². The molecular weight excluding hydrogens is 408 g/mol. The van der Waals surface area contributed by atoms with Crippen molar-refractivity contribution in [3.05, 3.63) is 65.2 Å². The highest BCUT2D eigenvalue weighted by molar-refractivity contribution is 5.98. The van der Waals surface area contributed by atoms with Gasteiger partial charge in [-0.2, -0.15) is 0 Å². The first-order chi connectivity index (χ1) is 14.8. The number of benzene rings is 2. The molecule has 2 saturated heterocycles. The van der Waals surface area contributed by atoms with Crippen LogP contribution in [0.4, 0.5) is 8.78 Å². The van der Waals surface area contributed by atoms with Crippen molar-refractivity contribution in [1.82, 2.24) is 15.5 Å². The lowest BCUT2D eigenvalue weighted by molar-refractivity contribution is -0.147. The van der Waals surface area contributed by atoms with Crippen molar-refractivity contribution in [2.45, 2.75) is 31.0 Å². The van der Waals surface area contributed by atoms with Crippen molar-refractivity contribution >= 4 is 17.7 Å². The molecule has 162 valence electrons. The van der Waals surface area contributed by atoms with E-state index in [0.29, 0.717) is 18.2 Å². The molecule has 3 atom stereocenters. The smallest absolute Gasteiger partial charge is 0.251 e. The standard InChI is InChI=1S/C22H21F2N3O4/c1-31-17-4-2-12(3-5-17)6-18-22(30)27-11-16(10-19(27)21(29)26-18)25-20(28)13-7-14(23)9-15(24)8-13/h2-5,7-9,16,18-19H,6,10-11H2,1H3,(H,25,28)(H,26,29)/t16-,18-,19-/m0/s1. The van der Waals surface area contributed by atoms with Crippen LogP contribution >= 0.6 is 0 Å². The zero-order chi connectivity index (χ0) is 22.1.